The first-order chi connectivity index (χ1) is 10.1. The van der Waals surface area contributed by atoms with Crippen molar-refractivity contribution in [3.8, 4) is 0 Å². The fourth-order valence-electron chi connectivity index (χ4n) is 3.49. The van der Waals surface area contributed by atoms with Crippen LogP contribution in [0.2, 0.25) is 5.15 Å². The highest BCUT2D eigenvalue weighted by Crippen LogP contribution is 2.26. The third kappa shape index (κ3) is 2.92. The van der Waals surface area contributed by atoms with Crippen molar-refractivity contribution in [1.82, 2.24) is 14.8 Å². The molecule has 21 heavy (non-hydrogen) atoms. The third-order valence-corrected chi connectivity index (χ3v) is 4.85. The van der Waals surface area contributed by atoms with Crippen molar-refractivity contribution in [1.29, 1.82) is 0 Å². The molecule has 2 unspecified atom stereocenters. The summed E-state index contributed by atoms with van der Waals surface area (Å²) in [4.78, 5) is 21.6. The molecule has 3 heterocycles. The summed E-state index contributed by atoms with van der Waals surface area (Å²) >= 11 is 6.05. The summed E-state index contributed by atoms with van der Waals surface area (Å²) in [6.07, 6.45) is 3.24. The van der Waals surface area contributed by atoms with Crippen LogP contribution in [0.5, 0.6) is 0 Å². The molecule has 1 aromatic heterocycles. The molecule has 0 bridgehead atoms. The molecule has 4 nitrogen and oxygen atoms in total. The number of fused-ring (bicyclic) bond motifs is 1. The summed E-state index contributed by atoms with van der Waals surface area (Å²) in [6, 6.07) is 4.36. The molecule has 1 aromatic rings. The van der Waals surface area contributed by atoms with Gasteiger partial charge in [-0.1, -0.05) is 18.5 Å². The number of pyridine rings is 1. The van der Waals surface area contributed by atoms with E-state index in [4.69, 9.17) is 11.6 Å². The van der Waals surface area contributed by atoms with E-state index in [1.165, 1.54) is 19.4 Å². The van der Waals surface area contributed by atoms with Gasteiger partial charge in [-0.15, -0.1) is 0 Å². The number of aromatic nitrogens is 1. The van der Waals surface area contributed by atoms with Crippen LogP contribution in [0.25, 0.3) is 0 Å². The van der Waals surface area contributed by atoms with Gasteiger partial charge in [0.05, 0.1) is 0 Å². The summed E-state index contributed by atoms with van der Waals surface area (Å²) in [5.74, 6) is 0.0908. The summed E-state index contributed by atoms with van der Waals surface area (Å²) in [7, 11) is 0. The van der Waals surface area contributed by atoms with Crippen LogP contribution in [0.1, 0.15) is 42.7 Å². The number of hydrogen-bond donors (Lipinski definition) is 0. The van der Waals surface area contributed by atoms with Gasteiger partial charge in [0.2, 0.25) is 0 Å². The Morgan fingerprint density at radius 1 is 1.43 bits per heavy atom. The molecule has 0 saturated carbocycles. The molecule has 2 aliphatic heterocycles. The van der Waals surface area contributed by atoms with Crippen LogP contribution >= 0.6 is 11.6 Å². The maximum atomic E-state index is 12.8. The van der Waals surface area contributed by atoms with E-state index in [2.05, 4.69) is 16.8 Å². The van der Waals surface area contributed by atoms with E-state index >= 15 is 0 Å². The molecular formula is C16H22ClN3O. The van der Waals surface area contributed by atoms with Crippen LogP contribution in [0.15, 0.2) is 12.1 Å². The van der Waals surface area contributed by atoms with Crippen molar-refractivity contribution >= 4 is 17.5 Å². The molecule has 0 spiro atoms. The second-order valence-corrected chi connectivity index (χ2v) is 6.51. The Morgan fingerprint density at radius 3 is 3.00 bits per heavy atom. The Kier molecular flexibility index (Phi) is 4.18. The van der Waals surface area contributed by atoms with Crippen LogP contribution in [-0.4, -0.2) is 52.4 Å². The zero-order chi connectivity index (χ0) is 15.0. The number of halogens is 1. The van der Waals surface area contributed by atoms with Gasteiger partial charge in [0, 0.05) is 36.4 Å². The normalized spacial score (nSPS) is 26.0. The van der Waals surface area contributed by atoms with Gasteiger partial charge >= 0.3 is 0 Å². The molecule has 5 heteroatoms. The quantitative estimate of drug-likeness (QED) is 0.788. The monoisotopic (exact) mass is 307 g/mol. The highest BCUT2D eigenvalue weighted by atomic mass is 35.5. The lowest BCUT2D eigenvalue weighted by atomic mass is 10.1. The lowest BCUT2D eigenvalue weighted by molar-refractivity contribution is 0.0395. The summed E-state index contributed by atoms with van der Waals surface area (Å²) in [6.45, 7) is 7.15. The minimum atomic E-state index is 0.0908. The fourth-order valence-corrected chi connectivity index (χ4v) is 3.72. The second kappa shape index (κ2) is 5.93. The van der Waals surface area contributed by atoms with Crippen LogP contribution in [-0.2, 0) is 6.42 Å². The lowest BCUT2D eigenvalue weighted by Crippen LogP contribution is -2.56. The van der Waals surface area contributed by atoms with Crippen molar-refractivity contribution in [3.63, 3.8) is 0 Å². The Labute approximate surface area is 131 Å². The summed E-state index contributed by atoms with van der Waals surface area (Å²) < 4.78 is 0. The molecule has 2 fully saturated rings. The molecule has 2 atom stereocenters. The van der Waals surface area contributed by atoms with Crippen LogP contribution < -0.4 is 0 Å². The van der Waals surface area contributed by atoms with Gasteiger partial charge in [-0.25, -0.2) is 4.98 Å². The van der Waals surface area contributed by atoms with E-state index in [0.29, 0.717) is 16.8 Å². The Bertz CT molecular complexity index is 548. The molecule has 0 aromatic carbocycles. The average Bonchev–Trinajstić information content (AvgIpc) is 2.92. The number of rotatable bonds is 2. The molecule has 0 aliphatic carbocycles. The first-order valence-corrected chi connectivity index (χ1v) is 8.17. The molecular weight excluding hydrogens is 286 g/mol. The lowest BCUT2D eigenvalue weighted by Gasteiger charge is -2.42. The van der Waals surface area contributed by atoms with Crippen LogP contribution in [0, 0.1) is 0 Å². The van der Waals surface area contributed by atoms with Gasteiger partial charge in [0.25, 0.3) is 5.91 Å². The third-order valence-electron chi connectivity index (χ3n) is 4.65. The highest BCUT2D eigenvalue weighted by molar-refractivity contribution is 6.29. The molecule has 1 amide bonds. The number of piperazine rings is 1. The van der Waals surface area contributed by atoms with Crippen LogP contribution in [0.3, 0.4) is 0 Å². The molecule has 2 saturated heterocycles. The molecule has 3 rings (SSSR count). The number of hydrogen-bond acceptors (Lipinski definition) is 3. The largest absolute Gasteiger partial charge is 0.333 e. The maximum Gasteiger partial charge on any atom is 0.254 e. The first kappa shape index (κ1) is 14.8. The van der Waals surface area contributed by atoms with Gasteiger partial charge in [-0.05, 0) is 44.9 Å². The predicted molar refractivity (Wildman–Crippen MR) is 83.7 cm³/mol. The molecule has 0 radical (unpaired) electrons. The molecule has 0 N–H and O–H groups in total. The standard InChI is InChI=1S/C16H22ClN3O/c1-3-13-7-12(8-15(17)18-13)16(21)20-10-14-5-4-6-19(14)9-11(20)2/h7-8,11,14H,3-6,9-10H2,1-2H3. The highest BCUT2D eigenvalue weighted by Gasteiger charge is 2.36. The van der Waals surface area contributed by atoms with Gasteiger partial charge < -0.3 is 4.90 Å². The Morgan fingerprint density at radius 2 is 2.24 bits per heavy atom. The Hall–Kier alpha value is -1.13. The fraction of sp³-hybridized carbons (Fsp3) is 0.625. The van der Waals surface area contributed by atoms with Crippen LogP contribution in [0.4, 0.5) is 0 Å². The van der Waals surface area contributed by atoms with Gasteiger partial charge in [0.1, 0.15) is 5.15 Å². The summed E-state index contributed by atoms with van der Waals surface area (Å²) in [5.41, 5.74) is 1.54. The number of carbonyl (C=O) groups is 1. The number of amides is 1. The van der Waals surface area contributed by atoms with Crippen molar-refractivity contribution < 1.29 is 4.79 Å². The summed E-state index contributed by atoms with van der Waals surface area (Å²) in [5, 5.41) is 0.407. The smallest absolute Gasteiger partial charge is 0.254 e. The molecule has 2 aliphatic rings. The average molecular weight is 308 g/mol. The van der Waals surface area contributed by atoms with E-state index < -0.39 is 0 Å². The maximum absolute atomic E-state index is 12.8. The Balaban J connectivity index is 1.82. The van der Waals surface area contributed by atoms with Gasteiger partial charge in [-0.3, -0.25) is 9.69 Å². The van der Waals surface area contributed by atoms with Crippen molar-refractivity contribution in [3.05, 3.63) is 28.5 Å². The predicted octanol–water partition coefficient (Wildman–Crippen LogP) is 2.61. The zero-order valence-electron chi connectivity index (χ0n) is 12.7. The van der Waals surface area contributed by atoms with E-state index in [9.17, 15) is 4.79 Å². The second-order valence-electron chi connectivity index (χ2n) is 6.12. The first-order valence-electron chi connectivity index (χ1n) is 7.80. The van der Waals surface area contributed by atoms with Gasteiger partial charge in [-0.2, -0.15) is 0 Å². The minimum Gasteiger partial charge on any atom is -0.333 e. The number of nitrogens with zero attached hydrogens (tertiary/aromatic N) is 3. The van der Waals surface area contributed by atoms with E-state index in [-0.39, 0.29) is 11.9 Å². The van der Waals surface area contributed by atoms with E-state index in [1.54, 1.807) is 6.07 Å². The van der Waals surface area contributed by atoms with E-state index in [0.717, 1.165) is 25.2 Å². The van der Waals surface area contributed by atoms with Gasteiger partial charge in [0.15, 0.2) is 0 Å². The number of carbonyl (C=O) groups excluding carboxylic acids is 1. The number of aryl methyl sites for hydroxylation is 1. The van der Waals surface area contributed by atoms with Crippen molar-refractivity contribution in [2.75, 3.05) is 19.6 Å². The SMILES string of the molecule is CCc1cc(C(=O)N2CC3CCCN3CC2C)cc(Cl)n1. The zero-order valence-corrected chi connectivity index (χ0v) is 13.4. The minimum absolute atomic E-state index is 0.0908. The molecule has 114 valence electrons. The topological polar surface area (TPSA) is 36.4 Å². The van der Waals surface area contributed by atoms with Crippen molar-refractivity contribution in [2.24, 2.45) is 0 Å². The van der Waals surface area contributed by atoms with Crippen molar-refractivity contribution in [2.45, 2.75) is 45.2 Å². The van der Waals surface area contributed by atoms with E-state index in [1.807, 2.05) is 17.9 Å².